The summed E-state index contributed by atoms with van der Waals surface area (Å²) in [4.78, 5) is 22.9. The molecule has 0 aliphatic heterocycles. The van der Waals surface area contributed by atoms with Crippen LogP contribution in [0.15, 0.2) is 11.6 Å². The molecule has 1 N–H and O–H groups in total. The topological polar surface area (TPSA) is 64.6 Å². The molecule has 0 unspecified atom stereocenters. The molecule has 0 aliphatic rings. The second-order valence-electron chi connectivity index (χ2n) is 5.59. The van der Waals surface area contributed by atoms with Gasteiger partial charge in [-0.1, -0.05) is 11.6 Å². The van der Waals surface area contributed by atoms with E-state index in [-0.39, 0.29) is 17.9 Å². The quantitative estimate of drug-likeness (QED) is 0.630. The number of nitrogens with one attached hydrogen (secondary N) is 1. The molecule has 0 aromatic rings. The molecular weight excluding hydrogens is 246 g/mol. The molecule has 1 amide bonds. The maximum atomic E-state index is 11.6. The average Bonchev–Trinajstić information content (AvgIpc) is 2.24. The monoisotopic (exact) mass is 271 g/mol. The standard InChI is InChI=1S/C14H25NO4/c1-9(8-10(2)12(16)18-7)11(3)15-13(17)19-14(4,5)6/h8,10-11H,1-7H3,(H,15,17)/b9-8+/t10-,11+/m1/s1. The molecule has 0 radical (unpaired) electrons. The van der Waals surface area contributed by atoms with Gasteiger partial charge in [-0.15, -0.1) is 0 Å². The van der Waals surface area contributed by atoms with Gasteiger partial charge < -0.3 is 14.8 Å². The number of hydrogen-bond acceptors (Lipinski definition) is 4. The van der Waals surface area contributed by atoms with Crippen molar-refractivity contribution >= 4 is 12.1 Å². The molecule has 0 heterocycles. The first-order valence-electron chi connectivity index (χ1n) is 6.32. The van der Waals surface area contributed by atoms with Gasteiger partial charge in [0.05, 0.1) is 19.1 Å². The molecule has 2 atom stereocenters. The van der Waals surface area contributed by atoms with Crippen molar-refractivity contribution in [2.45, 2.75) is 53.2 Å². The first-order chi connectivity index (χ1) is 8.56. The predicted octanol–water partition coefficient (Wildman–Crippen LogP) is 2.66. The number of hydrogen-bond donors (Lipinski definition) is 1. The van der Waals surface area contributed by atoms with Crippen LogP contribution in [0.3, 0.4) is 0 Å². The van der Waals surface area contributed by atoms with Crippen LogP contribution in [-0.4, -0.2) is 30.8 Å². The van der Waals surface area contributed by atoms with Gasteiger partial charge >= 0.3 is 12.1 Å². The molecule has 0 aliphatic carbocycles. The fraction of sp³-hybridized carbons (Fsp3) is 0.714. The molecular formula is C14H25NO4. The zero-order chi connectivity index (χ0) is 15.2. The van der Waals surface area contributed by atoms with Crippen molar-refractivity contribution in [1.29, 1.82) is 0 Å². The van der Waals surface area contributed by atoms with Crippen molar-refractivity contribution in [2.24, 2.45) is 5.92 Å². The highest BCUT2D eigenvalue weighted by Crippen LogP contribution is 2.10. The van der Waals surface area contributed by atoms with E-state index in [1.165, 1.54) is 7.11 Å². The highest BCUT2D eigenvalue weighted by Gasteiger charge is 2.19. The van der Waals surface area contributed by atoms with Crippen molar-refractivity contribution in [3.63, 3.8) is 0 Å². The van der Waals surface area contributed by atoms with Crippen LogP contribution in [-0.2, 0) is 14.3 Å². The number of amides is 1. The molecule has 0 fully saturated rings. The van der Waals surface area contributed by atoms with Crippen LogP contribution in [0.5, 0.6) is 0 Å². The van der Waals surface area contributed by atoms with E-state index in [1.54, 1.807) is 33.8 Å². The van der Waals surface area contributed by atoms with E-state index in [2.05, 4.69) is 10.1 Å². The normalized spacial score (nSPS) is 15.4. The SMILES string of the molecule is COC(=O)[C@H](C)/C=C(\C)[C@H](C)NC(=O)OC(C)(C)C. The van der Waals surface area contributed by atoms with Crippen molar-refractivity contribution in [2.75, 3.05) is 7.11 Å². The first kappa shape index (κ1) is 17.5. The van der Waals surface area contributed by atoms with E-state index in [9.17, 15) is 9.59 Å². The number of alkyl carbamates (subject to hydrolysis) is 1. The lowest BCUT2D eigenvalue weighted by Crippen LogP contribution is -2.38. The van der Waals surface area contributed by atoms with Gasteiger partial charge in [0.25, 0.3) is 0 Å². The number of methoxy groups -OCH3 is 1. The maximum absolute atomic E-state index is 11.6. The molecule has 0 spiro atoms. The minimum Gasteiger partial charge on any atom is -0.469 e. The number of rotatable bonds is 4. The molecule has 0 saturated heterocycles. The van der Waals surface area contributed by atoms with E-state index < -0.39 is 11.7 Å². The van der Waals surface area contributed by atoms with E-state index in [0.29, 0.717) is 0 Å². The van der Waals surface area contributed by atoms with Crippen molar-refractivity contribution < 1.29 is 19.1 Å². The van der Waals surface area contributed by atoms with Gasteiger partial charge in [0.2, 0.25) is 0 Å². The third kappa shape index (κ3) is 7.49. The van der Waals surface area contributed by atoms with Gasteiger partial charge in [-0.05, 0) is 41.5 Å². The van der Waals surface area contributed by atoms with Gasteiger partial charge in [-0.3, -0.25) is 4.79 Å². The molecule has 0 aromatic carbocycles. The Morgan fingerprint density at radius 3 is 2.16 bits per heavy atom. The van der Waals surface area contributed by atoms with Crippen LogP contribution >= 0.6 is 0 Å². The first-order valence-corrected chi connectivity index (χ1v) is 6.32. The van der Waals surface area contributed by atoms with Crippen LogP contribution in [0.25, 0.3) is 0 Å². The summed E-state index contributed by atoms with van der Waals surface area (Å²) >= 11 is 0. The van der Waals surface area contributed by atoms with E-state index >= 15 is 0 Å². The average molecular weight is 271 g/mol. The van der Waals surface area contributed by atoms with Gasteiger partial charge in [-0.25, -0.2) is 4.79 Å². The van der Waals surface area contributed by atoms with Crippen LogP contribution in [0, 0.1) is 5.92 Å². The van der Waals surface area contributed by atoms with Crippen molar-refractivity contribution in [3.05, 3.63) is 11.6 Å². The Labute approximate surface area is 115 Å². The number of carbonyl (C=O) groups excluding carboxylic acids is 2. The summed E-state index contributed by atoms with van der Waals surface area (Å²) in [6, 6.07) is -0.207. The summed E-state index contributed by atoms with van der Waals surface area (Å²) < 4.78 is 9.81. The second-order valence-corrected chi connectivity index (χ2v) is 5.59. The highest BCUT2D eigenvalue weighted by atomic mass is 16.6. The Balaban J connectivity index is 4.49. The van der Waals surface area contributed by atoms with Crippen LogP contribution in [0.4, 0.5) is 4.79 Å². The van der Waals surface area contributed by atoms with Gasteiger partial charge in [0.1, 0.15) is 5.60 Å². The van der Waals surface area contributed by atoms with E-state index in [1.807, 2.05) is 13.8 Å². The fourth-order valence-electron chi connectivity index (χ4n) is 1.39. The maximum Gasteiger partial charge on any atom is 0.408 e. The minimum atomic E-state index is -0.527. The molecule has 110 valence electrons. The lowest BCUT2D eigenvalue weighted by Gasteiger charge is -2.22. The summed E-state index contributed by atoms with van der Waals surface area (Å²) in [5.41, 5.74) is 0.351. The van der Waals surface area contributed by atoms with Crippen LogP contribution < -0.4 is 5.32 Å². The Morgan fingerprint density at radius 2 is 1.74 bits per heavy atom. The zero-order valence-corrected chi connectivity index (χ0v) is 12.9. The Bertz CT molecular complexity index is 355. The summed E-state index contributed by atoms with van der Waals surface area (Å²) in [5.74, 6) is -0.642. The molecule has 5 heteroatoms. The predicted molar refractivity (Wildman–Crippen MR) is 73.8 cm³/mol. The van der Waals surface area contributed by atoms with E-state index in [4.69, 9.17) is 4.74 Å². The summed E-state index contributed by atoms with van der Waals surface area (Å²) in [7, 11) is 1.35. The third-order valence-corrected chi connectivity index (χ3v) is 2.50. The summed E-state index contributed by atoms with van der Waals surface area (Å²) in [5, 5.41) is 2.72. The number of carbonyl (C=O) groups is 2. The molecule has 19 heavy (non-hydrogen) atoms. The summed E-state index contributed by atoms with van der Waals surface area (Å²) in [6.45, 7) is 10.8. The number of esters is 1. The lowest BCUT2D eigenvalue weighted by atomic mass is 10.0. The van der Waals surface area contributed by atoms with Gasteiger partial charge in [0.15, 0.2) is 0 Å². The summed E-state index contributed by atoms with van der Waals surface area (Å²) in [6.07, 6.45) is 1.30. The Hall–Kier alpha value is -1.52. The minimum absolute atomic E-state index is 0.207. The smallest absolute Gasteiger partial charge is 0.408 e. The van der Waals surface area contributed by atoms with Crippen LogP contribution in [0.2, 0.25) is 0 Å². The van der Waals surface area contributed by atoms with Gasteiger partial charge in [0, 0.05) is 0 Å². The second kappa shape index (κ2) is 7.16. The molecule has 0 rings (SSSR count). The molecule has 0 aromatic heterocycles. The zero-order valence-electron chi connectivity index (χ0n) is 12.9. The molecule has 5 nitrogen and oxygen atoms in total. The Kier molecular flexibility index (Phi) is 6.59. The third-order valence-electron chi connectivity index (χ3n) is 2.50. The molecule has 0 saturated carbocycles. The van der Waals surface area contributed by atoms with Crippen molar-refractivity contribution in [3.8, 4) is 0 Å². The van der Waals surface area contributed by atoms with Crippen molar-refractivity contribution in [1.82, 2.24) is 5.32 Å². The number of ether oxygens (including phenoxy) is 2. The largest absolute Gasteiger partial charge is 0.469 e. The van der Waals surface area contributed by atoms with E-state index in [0.717, 1.165) is 5.57 Å². The fourth-order valence-corrected chi connectivity index (χ4v) is 1.39. The lowest BCUT2D eigenvalue weighted by molar-refractivity contribution is -0.143. The molecule has 0 bridgehead atoms. The van der Waals surface area contributed by atoms with Crippen LogP contribution in [0.1, 0.15) is 41.5 Å². The van der Waals surface area contributed by atoms with Gasteiger partial charge in [-0.2, -0.15) is 0 Å². The highest BCUT2D eigenvalue weighted by molar-refractivity contribution is 5.74. The Morgan fingerprint density at radius 1 is 1.21 bits per heavy atom.